The van der Waals surface area contributed by atoms with Crippen LogP contribution in [0.4, 0.5) is 0 Å². The lowest BCUT2D eigenvalue weighted by Gasteiger charge is -2.15. The topological polar surface area (TPSA) is 0 Å². The molecule has 0 aliphatic heterocycles. The zero-order valence-corrected chi connectivity index (χ0v) is 9.56. The highest BCUT2D eigenvalue weighted by Gasteiger charge is 2.06. The molecular formula is C12H19P. The molecular weight excluding hydrogens is 175 g/mol. The molecule has 0 saturated carbocycles. The summed E-state index contributed by atoms with van der Waals surface area (Å²) in [5.74, 6) is 0. The Bertz CT molecular complexity index is 212. The van der Waals surface area contributed by atoms with E-state index in [9.17, 15) is 0 Å². The van der Waals surface area contributed by atoms with Crippen LogP contribution in [0.25, 0.3) is 0 Å². The van der Waals surface area contributed by atoms with Crippen LogP contribution in [0.1, 0.15) is 26.7 Å². The molecule has 0 aliphatic rings. The van der Waals surface area contributed by atoms with Gasteiger partial charge in [-0.25, -0.2) is 0 Å². The van der Waals surface area contributed by atoms with Crippen LogP contribution < -0.4 is 5.30 Å². The van der Waals surface area contributed by atoms with E-state index in [1.807, 2.05) is 0 Å². The second-order valence-corrected chi connectivity index (χ2v) is 5.81. The van der Waals surface area contributed by atoms with Crippen LogP contribution in [0.15, 0.2) is 30.3 Å². The summed E-state index contributed by atoms with van der Waals surface area (Å²) in [4.78, 5) is 0. The predicted molar refractivity (Wildman–Crippen MR) is 63.3 cm³/mol. The van der Waals surface area contributed by atoms with Crippen molar-refractivity contribution in [3.63, 3.8) is 0 Å². The van der Waals surface area contributed by atoms with Crippen molar-refractivity contribution < 1.29 is 0 Å². The molecule has 0 unspecified atom stereocenters. The molecule has 0 saturated heterocycles. The average Bonchev–Trinajstić information content (AvgIpc) is 2.19. The Morgan fingerprint density at radius 2 is 1.46 bits per heavy atom. The van der Waals surface area contributed by atoms with Crippen molar-refractivity contribution in [3.8, 4) is 0 Å². The standard InChI is InChI=1S/C12H19P/c1-3-10-13(11-4-2)12-8-6-5-7-9-12/h5-9H,3-4,10-11H2,1-2H3. The third-order valence-corrected chi connectivity index (χ3v) is 5.11. The fourth-order valence-electron chi connectivity index (χ4n) is 1.55. The Kier molecular flexibility index (Phi) is 5.08. The molecule has 0 bridgehead atoms. The van der Waals surface area contributed by atoms with Crippen LogP contribution in [-0.4, -0.2) is 12.3 Å². The summed E-state index contributed by atoms with van der Waals surface area (Å²) in [7, 11) is 0.144. The van der Waals surface area contributed by atoms with E-state index in [1.165, 1.54) is 25.2 Å². The molecule has 0 aromatic heterocycles. The van der Waals surface area contributed by atoms with Crippen LogP contribution in [0.2, 0.25) is 0 Å². The first-order valence-electron chi connectivity index (χ1n) is 5.18. The van der Waals surface area contributed by atoms with E-state index < -0.39 is 0 Å². The molecule has 13 heavy (non-hydrogen) atoms. The SMILES string of the molecule is CCCP(CCC)c1ccccc1. The Balaban J connectivity index is 2.64. The van der Waals surface area contributed by atoms with Gasteiger partial charge >= 0.3 is 0 Å². The summed E-state index contributed by atoms with van der Waals surface area (Å²) in [5, 5.41) is 1.58. The molecule has 0 aliphatic carbocycles. The minimum absolute atomic E-state index is 0.144. The average molecular weight is 194 g/mol. The normalized spacial score (nSPS) is 10.7. The van der Waals surface area contributed by atoms with E-state index >= 15 is 0 Å². The van der Waals surface area contributed by atoms with Crippen molar-refractivity contribution in [1.82, 2.24) is 0 Å². The summed E-state index contributed by atoms with van der Waals surface area (Å²) < 4.78 is 0. The van der Waals surface area contributed by atoms with Crippen LogP contribution in [0.5, 0.6) is 0 Å². The lowest BCUT2D eigenvalue weighted by molar-refractivity contribution is 1.06. The number of benzene rings is 1. The molecule has 0 spiro atoms. The fraction of sp³-hybridized carbons (Fsp3) is 0.500. The van der Waals surface area contributed by atoms with E-state index in [2.05, 4.69) is 44.2 Å². The van der Waals surface area contributed by atoms with Gasteiger partial charge in [-0.1, -0.05) is 64.9 Å². The number of hydrogen-bond acceptors (Lipinski definition) is 0. The first-order chi connectivity index (χ1) is 6.38. The molecule has 0 radical (unpaired) electrons. The van der Waals surface area contributed by atoms with Gasteiger partial charge in [0, 0.05) is 0 Å². The van der Waals surface area contributed by atoms with Gasteiger partial charge in [0.15, 0.2) is 0 Å². The zero-order chi connectivity index (χ0) is 9.52. The minimum atomic E-state index is 0.144. The van der Waals surface area contributed by atoms with E-state index in [0.717, 1.165) is 0 Å². The van der Waals surface area contributed by atoms with Crippen LogP contribution >= 0.6 is 7.92 Å². The maximum Gasteiger partial charge on any atom is -0.0240 e. The Morgan fingerprint density at radius 3 is 1.92 bits per heavy atom. The van der Waals surface area contributed by atoms with Gasteiger partial charge in [0.05, 0.1) is 0 Å². The highest BCUT2D eigenvalue weighted by atomic mass is 31.1. The molecule has 1 rings (SSSR count). The number of rotatable bonds is 5. The lowest BCUT2D eigenvalue weighted by Crippen LogP contribution is -2.04. The van der Waals surface area contributed by atoms with E-state index in [1.54, 1.807) is 5.30 Å². The zero-order valence-electron chi connectivity index (χ0n) is 8.66. The maximum atomic E-state index is 2.29. The molecule has 0 nitrogen and oxygen atoms in total. The molecule has 72 valence electrons. The van der Waals surface area contributed by atoms with Gasteiger partial charge in [0.1, 0.15) is 0 Å². The Morgan fingerprint density at radius 1 is 0.923 bits per heavy atom. The summed E-state index contributed by atoms with van der Waals surface area (Å²) in [6.45, 7) is 4.57. The first kappa shape index (κ1) is 10.7. The summed E-state index contributed by atoms with van der Waals surface area (Å²) in [6.07, 6.45) is 5.43. The summed E-state index contributed by atoms with van der Waals surface area (Å²) >= 11 is 0. The van der Waals surface area contributed by atoms with E-state index in [-0.39, 0.29) is 7.92 Å². The molecule has 0 fully saturated rings. The predicted octanol–water partition coefficient (Wildman–Crippen LogP) is 3.61. The van der Waals surface area contributed by atoms with Gasteiger partial charge in [-0.2, -0.15) is 0 Å². The Labute approximate surface area is 83.1 Å². The highest BCUT2D eigenvalue weighted by Crippen LogP contribution is 2.35. The molecule has 1 heteroatoms. The van der Waals surface area contributed by atoms with Gasteiger partial charge < -0.3 is 0 Å². The van der Waals surface area contributed by atoms with Crippen molar-refractivity contribution in [2.45, 2.75) is 26.7 Å². The third-order valence-electron chi connectivity index (χ3n) is 2.11. The largest absolute Gasteiger partial charge is 0.0753 e. The van der Waals surface area contributed by atoms with Gasteiger partial charge in [0.25, 0.3) is 0 Å². The minimum Gasteiger partial charge on any atom is -0.0753 e. The summed E-state index contributed by atoms with van der Waals surface area (Å²) in [6, 6.07) is 11.0. The fourth-order valence-corrected chi connectivity index (χ4v) is 3.96. The lowest BCUT2D eigenvalue weighted by atomic mass is 10.4. The van der Waals surface area contributed by atoms with Crippen LogP contribution in [0.3, 0.4) is 0 Å². The van der Waals surface area contributed by atoms with Gasteiger partial charge in [-0.05, 0) is 17.6 Å². The second-order valence-electron chi connectivity index (χ2n) is 3.32. The van der Waals surface area contributed by atoms with Gasteiger partial charge in [-0.15, -0.1) is 0 Å². The molecule has 0 atom stereocenters. The highest BCUT2D eigenvalue weighted by molar-refractivity contribution is 7.65. The van der Waals surface area contributed by atoms with E-state index in [4.69, 9.17) is 0 Å². The van der Waals surface area contributed by atoms with Crippen molar-refractivity contribution in [3.05, 3.63) is 30.3 Å². The molecule has 0 amide bonds. The first-order valence-corrected chi connectivity index (χ1v) is 6.89. The monoisotopic (exact) mass is 194 g/mol. The maximum absolute atomic E-state index is 2.29. The second kappa shape index (κ2) is 6.16. The van der Waals surface area contributed by atoms with Gasteiger partial charge in [-0.3, -0.25) is 0 Å². The van der Waals surface area contributed by atoms with Crippen molar-refractivity contribution in [2.24, 2.45) is 0 Å². The van der Waals surface area contributed by atoms with Crippen molar-refractivity contribution in [1.29, 1.82) is 0 Å². The molecule has 0 heterocycles. The number of hydrogen-bond donors (Lipinski definition) is 0. The third kappa shape index (κ3) is 3.48. The smallest absolute Gasteiger partial charge is 0.0240 e. The quantitative estimate of drug-likeness (QED) is 0.628. The summed E-state index contributed by atoms with van der Waals surface area (Å²) in [5.41, 5.74) is 0. The Hall–Kier alpha value is -0.350. The van der Waals surface area contributed by atoms with Crippen LogP contribution in [-0.2, 0) is 0 Å². The molecule has 0 N–H and O–H groups in total. The van der Waals surface area contributed by atoms with Crippen molar-refractivity contribution in [2.75, 3.05) is 12.3 Å². The molecule has 1 aromatic rings. The van der Waals surface area contributed by atoms with E-state index in [0.29, 0.717) is 0 Å². The van der Waals surface area contributed by atoms with Crippen molar-refractivity contribution >= 4 is 13.2 Å². The molecule has 1 aromatic carbocycles. The van der Waals surface area contributed by atoms with Crippen LogP contribution in [0, 0.1) is 0 Å². The van der Waals surface area contributed by atoms with Gasteiger partial charge in [0.2, 0.25) is 0 Å².